The summed E-state index contributed by atoms with van der Waals surface area (Å²) in [4.78, 5) is 17.9. The van der Waals surface area contributed by atoms with Crippen LogP contribution in [0.1, 0.15) is 103 Å². The number of amides is 1. The van der Waals surface area contributed by atoms with E-state index < -0.39 is 36.5 Å². The fraction of sp³-hybridized carbons (Fsp3) is 0.967. The first-order valence-corrected chi connectivity index (χ1v) is 15.6. The number of halogens is 6. The lowest BCUT2D eigenvalue weighted by Crippen LogP contribution is -2.54. The zero-order valence-electron chi connectivity index (χ0n) is 23.5. The average Bonchev–Trinajstić information content (AvgIpc) is 2.92. The summed E-state index contributed by atoms with van der Waals surface area (Å²) >= 11 is 0. The van der Waals surface area contributed by atoms with Gasteiger partial charge < -0.3 is 4.90 Å². The molecule has 3 saturated carbocycles. The van der Waals surface area contributed by atoms with Crippen LogP contribution in [0.4, 0.5) is 26.3 Å². The topological polar surface area (TPSA) is 23.6 Å². The van der Waals surface area contributed by atoms with Gasteiger partial charge in [-0.15, -0.1) is 0 Å². The highest BCUT2D eigenvalue weighted by Gasteiger charge is 2.51. The lowest BCUT2D eigenvalue weighted by molar-refractivity contribution is -0.229. The van der Waals surface area contributed by atoms with E-state index in [9.17, 15) is 31.1 Å². The Bertz CT molecular complexity index is 744. The molecule has 0 N–H and O–H groups in total. The number of rotatable bonds is 7. The van der Waals surface area contributed by atoms with E-state index in [2.05, 4.69) is 4.90 Å². The van der Waals surface area contributed by atoms with Gasteiger partial charge >= 0.3 is 12.4 Å². The van der Waals surface area contributed by atoms with Gasteiger partial charge in [-0.1, -0.05) is 51.4 Å². The van der Waals surface area contributed by atoms with Crippen molar-refractivity contribution in [1.82, 2.24) is 9.80 Å². The number of carbonyl (C=O) groups is 1. The quantitative estimate of drug-likeness (QED) is 0.290. The third-order valence-corrected chi connectivity index (χ3v) is 10.6. The summed E-state index contributed by atoms with van der Waals surface area (Å²) in [5.41, 5.74) is 0. The Morgan fingerprint density at radius 3 is 1.74 bits per heavy atom. The molecular formula is C30H48F6N2O. The molecule has 9 heteroatoms. The van der Waals surface area contributed by atoms with Gasteiger partial charge in [0.25, 0.3) is 0 Å². The maximum Gasteiger partial charge on any atom is 0.391 e. The zero-order valence-corrected chi connectivity index (χ0v) is 23.5. The second kappa shape index (κ2) is 13.3. The Morgan fingerprint density at radius 2 is 1.23 bits per heavy atom. The van der Waals surface area contributed by atoms with Crippen LogP contribution in [0.3, 0.4) is 0 Å². The van der Waals surface area contributed by atoms with E-state index in [1.54, 1.807) is 11.9 Å². The fourth-order valence-corrected chi connectivity index (χ4v) is 8.30. The molecule has 4 rings (SSSR count). The Morgan fingerprint density at radius 1 is 0.744 bits per heavy atom. The number of likely N-dealkylation sites (N-methyl/N-ethyl adjacent to an activating group) is 1. The number of hydrogen-bond donors (Lipinski definition) is 0. The highest BCUT2D eigenvalue weighted by Crippen LogP contribution is 2.48. The van der Waals surface area contributed by atoms with E-state index in [4.69, 9.17) is 0 Å². The Hall–Kier alpha value is -0.990. The average molecular weight is 567 g/mol. The van der Waals surface area contributed by atoms with Crippen LogP contribution < -0.4 is 0 Å². The summed E-state index contributed by atoms with van der Waals surface area (Å²) < 4.78 is 80.6. The largest absolute Gasteiger partial charge is 0.391 e. The Balaban J connectivity index is 1.37. The van der Waals surface area contributed by atoms with Gasteiger partial charge in [-0.25, -0.2) is 0 Å². The summed E-state index contributed by atoms with van der Waals surface area (Å²) in [5.74, 6) is -2.72. The van der Waals surface area contributed by atoms with E-state index >= 15 is 0 Å². The maximum absolute atomic E-state index is 13.9. The van der Waals surface area contributed by atoms with Crippen molar-refractivity contribution in [3.05, 3.63) is 0 Å². The highest BCUT2D eigenvalue weighted by molar-refractivity contribution is 5.82. The van der Waals surface area contributed by atoms with Crippen LogP contribution >= 0.6 is 0 Å². The van der Waals surface area contributed by atoms with Crippen molar-refractivity contribution in [3.8, 4) is 0 Å². The van der Waals surface area contributed by atoms with Crippen molar-refractivity contribution in [1.29, 1.82) is 0 Å². The molecule has 1 amide bonds. The first-order chi connectivity index (χ1) is 18.4. The molecule has 1 saturated heterocycles. The minimum atomic E-state index is -4.63. The maximum atomic E-state index is 13.9. The molecule has 3 unspecified atom stereocenters. The lowest BCUT2D eigenvalue weighted by Gasteiger charge is -2.44. The third-order valence-electron chi connectivity index (χ3n) is 10.6. The van der Waals surface area contributed by atoms with Gasteiger partial charge in [-0.2, -0.15) is 26.3 Å². The molecule has 0 spiro atoms. The van der Waals surface area contributed by atoms with Crippen molar-refractivity contribution in [2.45, 2.75) is 121 Å². The molecule has 39 heavy (non-hydrogen) atoms. The van der Waals surface area contributed by atoms with Crippen LogP contribution in [0, 0.1) is 35.5 Å². The minimum Gasteiger partial charge on any atom is -0.344 e. The van der Waals surface area contributed by atoms with Gasteiger partial charge in [-0.05, 0) is 88.1 Å². The summed E-state index contributed by atoms with van der Waals surface area (Å²) in [6.07, 6.45) is 3.79. The molecular weight excluding hydrogens is 518 g/mol. The Kier molecular flexibility index (Phi) is 10.6. The number of hydrogen-bond acceptors (Lipinski definition) is 2. The summed E-state index contributed by atoms with van der Waals surface area (Å²) in [6.45, 7) is 2.02. The van der Waals surface area contributed by atoms with E-state index in [1.807, 2.05) is 0 Å². The van der Waals surface area contributed by atoms with Gasteiger partial charge in [0.15, 0.2) is 0 Å². The fourth-order valence-electron chi connectivity index (χ4n) is 8.30. The number of carbonyl (C=O) groups excluding carboxylic acids is 1. The predicted octanol–water partition coefficient (Wildman–Crippen LogP) is 8.23. The first kappa shape index (κ1) is 31.0. The molecule has 0 aromatic carbocycles. The standard InChI is InChI=1S/C30H48F6N2O/c1-37(15-12-21-18-25(29(31,32)33)20-26(19-21)30(34,35)36)28(39)27(24-10-6-3-7-11-24)38-16-13-23(14-17-38)22-8-4-2-5-9-22/h21-27H,2-20H2,1H3. The van der Waals surface area contributed by atoms with Crippen LogP contribution in [-0.4, -0.2) is 60.8 Å². The molecule has 4 aliphatic rings. The monoisotopic (exact) mass is 566 g/mol. The van der Waals surface area contributed by atoms with Crippen LogP contribution in [-0.2, 0) is 4.79 Å². The number of likely N-dealkylation sites (tertiary alicyclic amines) is 1. The molecule has 4 fully saturated rings. The van der Waals surface area contributed by atoms with E-state index in [0.29, 0.717) is 0 Å². The summed E-state index contributed by atoms with van der Waals surface area (Å²) in [7, 11) is 1.69. The molecule has 1 heterocycles. The SMILES string of the molecule is CN(CCC1CC(C(F)(F)F)CC(C(F)(F)F)C1)C(=O)C(C1CCCCC1)N1CCC(C2CCCCC2)CC1. The smallest absolute Gasteiger partial charge is 0.344 e. The van der Waals surface area contributed by atoms with Gasteiger partial charge in [0.2, 0.25) is 5.91 Å². The van der Waals surface area contributed by atoms with Crippen molar-refractivity contribution >= 4 is 5.91 Å². The Labute approximate surface area is 230 Å². The van der Waals surface area contributed by atoms with Gasteiger partial charge in [0.05, 0.1) is 17.9 Å². The molecule has 3 nitrogen and oxygen atoms in total. The van der Waals surface area contributed by atoms with Crippen molar-refractivity contribution in [2.75, 3.05) is 26.7 Å². The van der Waals surface area contributed by atoms with E-state index in [0.717, 1.165) is 63.5 Å². The van der Waals surface area contributed by atoms with E-state index in [1.165, 1.54) is 38.5 Å². The van der Waals surface area contributed by atoms with Gasteiger partial charge in [0, 0.05) is 13.6 Å². The van der Waals surface area contributed by atoms with Crippen LogP contribution in [0.15, 0.2) is 0 Å². The highest BCUT2D eigenvalue weighted by atomic mass is 19.4. The van der Waals surface area contributed by atoms with Gasteiger partial charge in [-0.3, -0.25) is 9.69 Å². The summed E-state index contributed by atoms with van der Waals surface area (Å²) in [5, 5.41) is 0. The normalized spacial score (nSPS) is 30.3. The predicted molar refractivity (Wildman–Crippen MR) is 140 cm³/mol. The van der Waals surface area contributed by atoms with E-state index in [-0.39, 0.29) is 43.7 Å². The van der Waals surface area contributed by atoms with Crippen LogP contribution in [0.25, 0.3) is 0 Å². The molecule has 3 aliphatic carbocycles. The molecule has 0 bridgehead atoms. The zero-order chi connectivity index (χ0) is 28.2. The second-order valence-corrected chi connectivity index (χ2v) is 13.2. The number of nitrogens with zero attached hydrogens (tertiary/aromatic N) is 2. The number of piperidine rings is 1. The first-order valence-electron chi connectivity index (χ1n) is 15.6. The van der Waals surface area contributed by atoms with Gasteiger partial charge in [0.1, 0.15) is 0 Å². The molecule has 226 valence electrons. The second-order valence-electron chi connectivity index (χ2n) is 13.2. The summed E-state index contributed by atoms with van der Waals surface area (Å²) in [6, 6.07) is -0.222. The van der Waals surface area contributed by atoms with Crippen molar-refractivity contribution in [2.24, 2.45) is 35.5 Å². The van der Waals surface area contributed by atoms with Crippen LogP contribution in [0.5, 0.6) is 0 Å². The van der Waals surface area contributed by atoms with Crippen LogP contribution in [0.2, 0.25) is 0 Å². The molecule has 0 radical (unpaired) electrons. The molecule has 0 aromatic rings. The van der Waals surface area contributed by atoms with Crippen molar-refractivity contribution in [3.63, 3.8) is 0 Å². The third kappa shape index (κ3) is 8.28. The lowest BCUT2D eigenvalue weighted by atomic mass is 9.73. The van der Waals surface area contributed by atoms with Crippen molar-refractivity contribution < 1.29 is 31.1 Å². The molecule has 0 aromatic heterocycles. The minimum absolute atomic E-state index is 0.00793. The molecule has 3 atom stereocenters. The number of alkyl halides is 6. The molecule has 1 aliphatic heterocycles.